The van der Waals surface area contributed by atoms with Gasteiger partial charge in [-0.25, -0.2) is 9.97 Å². The van der Waals surface area contributed by atoms with E-state index in [1.807, 2.05) is 0 Å². The van der Waals surface area contributed by atoms with Gasteiger partial charge in [-0.15, -0.1) is 0 Å². The SMILES string of the molecule is CC(C)CCCC(O)(c1cncnc1)C(C)(C)C. The summed E-state index contributed by atoms with van der Waals surface area (Å²) < 4.78 is 0. The van der Waals surface area contributed by atoms with Gasteiger partial charge in [0.2, 0.25) is 0 Å². The van der Waals surface area contributed by atoms with Crippen molar-refractivity contribution < 1.29 is 5.11 Å². The van der Waals surface area contributed by atoms with E-state index in [2.05, 4.69) is 44.6 Å². The first kappa shape index (κ1) is 15.1. The number of hydrogen-bond donors (Lipinski definition) is 1. The average molecular weight is 250 g/mol. The molecule has 0 fully saturated rings. The van der Waals surface area contributed by atoms with Crippen LogP contribution in [0.5, 0.6) is 0 Å². The molecule has 1 atom stereocenters. The van der Waals surface area contributed by atoms with Crippen LogP contribution in [0, 0.1) is 11.3 Å². The van der Waals surface area contributed by atoms with Gasteiger partial charge in [0, 0.05) is 18.0 Å². The number of hydrogen-bond acceptors (Lipinski definition) is 3. The fraction of sp³-hybridized carbons (Fsp3) is 0.733. The van der Waals surface area contributed by atoms with Crippen molar-refractivity contribution in [2.75, 3.05) is 0 Å². The molecule has 102 valence electrons. The number of rotatable bonds is 5. The normalized spacial score (nSPS) is 15.7. The van der Waals surface area contributed by atoms with E-state index in [4.69, 9.17) is 0 Å². The molecule has 0 saturated carbocycles. The number of aliphatic hydroxyl groups is 1. The Hall–Kier alpha value is -0.960. The largest absolute Gasteiger partial charge is 0.385 e. The summed E-state index contributed by atoms with van der Waals surface area (Å²) in [7, 11) is 0. The lowest BCUT2D eigenvalue weighted by Gasteiger charge is -2.40. The standard InChI is InChI=1S/C15H26N2O/c1-12(2)7-6-8-15(18,14(3,4)5)13-9-16-11-17-10-13/h9-12,18H,6-8H2,1-5H3. The fourth-order valence-electron chi connectivity index (χ4n) is 2.23. The third kappa shape index (κ3) is 3.52. The van der Waals surface area contributed by atoms with Crippen LogP contribution in [0.1, 0.15) is 59.4 Å². The molecule has 1 aromatic heterocycles. The fourth-order valence-corrected chi connectivity index (χ4v) is 2.23. The second kappa shape index (κ2) is 5.79. The van der Waals surface area contributed by atoms with Crippen molar-refractivity contribution in [1.82, 2.24) is 9.97 Å². The van der Waals surface area contributed by atoms with E-state index >= 15 is 0 Å². The molecule has 0 amide bonds. The van der Waals surface area contributed by atoms with E-state index in [1.165, 1.54) is 6.33 Å². The smallest absolute Gasteiger partial charge is 0.115 e. The molecule has 0 aliphatic rings. The van der Waals surface area contributed by atoms with Crippen LogP contribution in [0.3, 0.4) is 0 Å². The molecule has 1 N–H and O–H groups in total. The highest BCUT2D eigenvalue weighted by molar-refractivity contribution is 5.17. The Morgan fingerprint density at radius 1 is 1.17 bits per heavy atom. The predicted octanol–water partition coefficient (Wildman–Crippen LogP) is 3.54. The maximum absolute atomic E-state index is 11.1. The summed E-state index contributed by atoms with van der Waals surface area (Å²) in [6, 6.07) is 0. The van der Waals surface area contributed by atoms with Crippen molar-refractivity contribution in [2.24, 2.45) is 11.3 Å². The van der Waals surface area contributed by atoms with Crippen LogP contribution in [0.4, 0.5) is 0 Å². The second-order valence-corrected chi connectivity index (χ2v) is 6.52. The van der Waals surface area contributed by atoms with E-state index < -0.39 is 5.60 Å². The minimum Gasteiger partial charge on any atom is -0.385 e. The highest BCUT2D eigenvalue weighted by atomic mass is 16.3. The first-order chi connectivity index (χ1) is 8.27. The zero-order valence-corrected chi connectivity index (χ0v) is 12.3. The monoisotopic (exact) mass is 250 g/mol. The maximum Gasteiger partial charge on any atom is 0.115 e. The zero-order valence-electron chi connectivity index (χ0n) is 12.3. The molecule has 0 aromatic carbocycles. The minimum atomic E-state index is -0.858. The van der Waals surface area contributed by atoms with Crippen molar-refractivity contribution >= 4 is 0 Å². The van der Waals surface area contributed by atoms with Gasteiger partial charge in [0.25, 0.3) is 0 Å². The molecule has 1 aromatic rings. The molecule has 18 heavy (non-hydrogen) atoms. The van der Waals surface area contributed by atoms with E-state index in [0.29, 0.717) is 5.92 Å². The molecule has 0 spiro atoms. The predicted molar refractivity (Wildman–Crippen MR) is 74.1 cm³/mol. The van der Waals surface area contributed by atoms with E-state index in [-0.39, 0.29) is 5.41 Å². The lowest BCUT2D eigenvalue weighted by molar-refractivity contribution is -0.0738. The topological polar surface area (TPSA) is 46.0 Å². The number of aromatic nitrogens is 2. The van der Waals surface area contributed by atoms with Crippen LogP contribution in [-0.4, -0.2) is 15.1 Å². The molecule has 3 nitrogen and oxygen atoms in total. The van der Waals surface area contributed by atoms with Gasteiger partial charge in [0.15, 0.2) is 0 Å². The van der Waals surface area contributed by atoms with Crippen molar-refractivity contribution in [3.8, 4) is 0 Å². The summed E-state index contributed by atoms with van der Waals surface area (Å²) in [6.07, 6.45) is 7.86. The summed E-state index contributed by atoms with van der Waals surface area (Å²) in [5.74, 6) is 0.668. The van der Waals surface area contributed by atoms with Crippen LogP contribution in [0.25, 0.3) is 0 Å². The minimum absolute atomic E-state index is 0.227. The molecule has 1 heterocycles. The average Bonchev–Trinajstić information content (AvgIpc) is 2.28. The lowest BCUT2D eigenvalue weighted by atomic mass is 9.70. The van der Waals surface area contributed by atoms with Gasteiger partial charge in [-0.1, -0.05) is 41.0 Å². The highest BCUT2D eigenvalue weighted by Crippen LogP contribution is 2.42. The molecular formula is C15H26N2O. The van der Waals surface area contributed by atoms with Gasteiger partial charge in [0.1, 0.15) is 6.33 Å². The van der Waals surface area contributed by atoms with Crippen LogP contribution in [0.2, 0.25) is 0 Å². The van der Waals surface area contributed by atoms with E-state index in [1.54, 1.807) is 12.4 Å². The first-order valence-electron chi connectivity index (χ1n) is 6.75. The van der Waals surface area contributed by atoms with Crippen LogP contribution < -0.4 is 0 Å². The van der Waals surface area contributed by atoms with Gasteiger partial charge in [0.05, 0.1) is 5.60 Å². The van der Waals surface area contributed by atoms with E-state index in [9.17, 15) is 5.11 Å². The summed E-state index contributed by atoms with van der Waals surface area (Å²) in [6.45, 7) is 10.6. The Morgan fingerprint density at radius 2 is 1.72 bits per heavy atom. The maximum atomic E-state index is 11.1. The molecule has 1 unspecified atom stereocenters. The van der Waals surface area contributed by atoms with Gasteiger partial charge in [-0.05, 0) is 24.2 Å². The van der Waals surface area contributed by atoms with Crippen molar-refractivity contribution in [1.29, 1.82) is 0 Å². The second-order valence-electron chi connectivity index (χ2n) is 6.52. The number of nitrogens with zero attached hydrogens (tertiary/aromatic N) is 2. The van der Waals surface area contributed by atoms with Crippen LogP contribution in [-0.2, 0) is 5.60 Å². The summed E-state index contributed by atoms with van der Waals surface area (Å²) >= 11 is 0. The van der Waals surface area contributed by atoms with Gasteiger partial charge < -0.3 is 5.11 Å². The molecule has 3 heteroatoms. The molecule has 1 rings (SSSR count). The van der Waals surface area contributed by atoms with Crippen molar-refractivity contribution in [2.45, 2.75) is 59.5 Å². The Bertz CT molecular complexity index is 357. The quantitative estimate of drug-likeness (QED) is 0.869. The Morgan fingerprint density at radius 3 is 2.17 bits per heavy atom. The Balaban J connectivity index is 2.90. The molecule has 0 saturated heterocycles. The highest BCUT2D eigenvalue weighted by Gasteiger charge is 2.41. The molecule has 0 bridgehead atoms. The molecule has 0 radical (unpaired) electrons. The van der Waals surface area contributed by atoms with Crippen molar-refractivity contribution in [3.63, 3.8) is 0 Å². The van der Waals surface area contributed by atoms with Crippen LogP contribution in [0.15, 0.2) is 18.7 Å². The first-order valence-corrected chi connectivity index (χ1v) is 6.75. The van der Waals surface area contributed by atoms with Gasteiger partial charge >= 0.3 is 0 Å². The molecule has 0 aliphatic heterocycles. The summed E-state index contributed by atoms with van der Waals surface area (Å²) in [5, 5.41) is 11.1. The summed E-state index contributed by atoms with van der Waals surface area (Å²) in [5.41, 5.74) is -0.265. The van der Waals surface area contributed by atoms with Crippen LogP contribution >= 0.6 is 0 Å². The Labute approximate surface area is 111 Å². The van der Waals surface area contributed by atoms with Gasteiger partial charge in [-0.3, -0.25) is 0 Å². The third-order valence-electron chi connectivity index (χ3n) is 3.60. The van der Waals surface area contributed by atoms with E-state index in [0.717, 1.165) is 24.8 Å². The van der Waals surface area contributed by atoms with Crippen molar-refractivity contribution in [3.05, 3.63) is 24.3 Å². The Kier molecular flexibility index (Phi) is 4.85. The third-order valence-corrected chi connectivity index (χ3v) is 3.60. The zero-order chi connectivity index (χ0) is 13.8. The molecule has 0 aliphatic carbocycles. The lowest BCUT2D eigenvalue weighted by Crippen LogP contribution is -2.40. The molecular weight excluding hydrogens is 224 g/mol. The van der Waals surface area contributed by atoms with Gasteiger partial charge in [-0.2, -0.15) is 0 Å². The summed E-state index contributed by atoms with van der Waals surface area (Å²) in [4.78, 5) is 8.07.